The molecule has 1 aliphatic rings. The van der Waals surface area contributed by atoms with Gasteiger partial charge in [0.2, 0.25) is 5.91 Å². The molecule has 1 amide bonds. The second-order valence-electron chi connectivity index (χ2n) is 5.77. The lowest BCUT2D eigenvalue weighted by Gasteiger charge is -2.26. The predicted molar refractivity (Wildman–Crippen MR) is 96.2 cm³/mol. The molecule has 2 heterocycles. The first-order valence-corrected chi connectivity index (χ1v) is 8.78. The number of pyridine rings is 1. The zero-order valence-electron chi connectivity index (χ0n) is 13.3. The Hall–Kier alpha value is -1.70. The molecule has 0 bridgehead atoms. The van der Waals surface area contributed by atoms with Crippen LogP contribution in [0, 0.1) is 0 Å². The number of aromatic nitrogens is 1. The number of nitrogens with zero attached hydrogens (tertiary/aromatic N) is 2. The summed E-state index contributed by atoms with van der Waals surface area (Å²) in [5, 5.41) is 3.54. The molecule has 7 heteroatoms. The van der Waals surface area contributed by atoms with Crippen molar-refractivity contribution in [2.45, 2.75) is 6.54 Å². The summed E-state index contributed by atoms with van der Waals surface area (Å²) in [5.41, 5.74) is 0.712. The van der Waals surface area contributed by atoms with E-state index in [1.807, 2.05) is 12.1 Å². The predicted octanol–water partition coefficient (Wildman–Crippen LogP) is 1.21. The lowest BCUT2D eigenvalue weighted by molar-refractivity contribution is -0.121. The first-order valence-electron chi connectivity index (χ1n) is 7.99. The molecule has 0 atom stereocenters. The molecule has 1 aromatic heterocycles. The van der Waals surface area contributed by atoms with Gasteiger partial charge in [0.05, 0.1) is 18.7 Å². The molecule has 1 aliphatic heterocycles. The summed E-state index contributed by atoms with van der Waals surface area (Å²) >= 11 is 3.37. The van der Waals surface area contributed by atoms with Crippen molar-refractivity contribution in [2.75, 3.05) is 39.4 Å². The van der Waals surface area contributed by atoms with Crippen LogP contribution >= 0.6 is 15.9 Å². The van der Waals surface area contributed by atoms with Crippen molar-refractivity contribution in [1.82, 2.24) is 14.8 Å². The van der Waals surface area contributed by atoms with Crippen LogP contribution < -0.4 is 10.7 Å². The SMILES string of the molecule is O=C(Cn1ccc(=O)c2cc(Br)ccc21)NCCN1CCOCC1. The Morgan fingerprint density at radius 3 is 2.83 bits per heavy atom. The molecule has 3 rings (SSSR count). The number of hydrogen-bond acceptors (Lipinski definition) is 4. The van der Waals surface area contributed by atoms with Gasteiger partial charge in [-0.05, 0) is 18.2 Å². The second kappa shape index (κ2) is 7.92. The molecular formula is C17H20BrN3O3. The van der Waals surface area contributed by atoms with Crippen molar-refractivity contribution < 1.29 is 9.53 Å². The number of halogens is 1. The first kappa shape index (κ1) is 17.1. The highest BCUT2D eigenvalue weighted by Crippen LogP contribution is 2.16. The highest BCUT2D eigenvalue weighted by Gasteiger charge is 2.11. The monoisotopic (exact) mass is 393 g/mol. The van der Waals surface area contributed by atoms with E-state index >= 15 is 0 Å². The fraction of sp³-hybridized carbons (Fsp3) is 0.412. The molecule has 1 N–H and O–H groups in total. The largest absolute Gasteiger partial charge is 0.379 e. The standard InChI is InChI=1S/C17H20BrN3O3/c18-13-1-2-15-14(11-13)16(22)3-5-21(15)12-17(23)19-4-6-20-7-9-24-10-8-20/h1-3,5,11H,4,6-10,12H2,(H,19,23). The maximum atomic E-state index is 12.2. The maximum Gasteiger partial charge on any atom is 0.239 e. The number of amides is 1. The number of hydrogen-bond donors (Lipinski definition) is 1. The number of carbonyl (C=O) groups excluding carboxylic acids is 1. The minimum absolute atomic E-state index is 0.0460. The van der Waals surface area contributed by atoms with Crippen molar-refractivity contribution in [3.63, 3.8) is 0 Å². The molecule has 2 aromatic rings. The number of nitrogens with one attached hydrogen (secondary N) is 1. The lowest BCUT2D eigenvalue weighted by atomic mass is 10.2. The van der Waals surface area contributed by atoms with Crippen LogP contribution in [0.4, 0.5) is 0 Å². The molecule has 24 heavy (non-hydrogen) atoms. The van der Waals surface area contributed by atoms with Crippen molar-refractivity contribution in [1.29, 1.82) is 0 Å². The minimum atomic E-state index is -0.0591. The zero-order chi connectivity index (χ0) is 16.9. The number of benzene rings is 1. The van der Waals surface area contributed by atoms with Crippen LogP contribution in [-0.4, -0.2) is 54.8 Å². The third kappa shape index (κ3) is 4.23. The molecule has 0 radical (unpaired) electrons. The summed E-state index contributed by atoms with van der Waals surface area (Å²) in [6.45, 7) is 4.97. The van der Waals surface area contributed by atoms with Crippen molar-refractivity contribution in [3.05, 3.63) is 45.2 Å². The van der Waals surface area contributed by atoms with Crippen LogP contribution in [-0.2, 0) is 16.1 Å². The van der Waals surface area contributed by atoms with Crippen LogP contribution in [0.15, 0.2) is 39.7 Å². The molecule has 1 saturated heterocycles. The third-order valence-corrected chi connectivity index (χ3v) is 4.60. The average molecular weight is 394 g/mol. The first-order chi connectivity index (χ1) is 11.6. The van der Waals surface area contributed by atoms with Gasteiger partial charge in [0, 0.05) is 48.3 Å². The van der Waals surface area contributed by atoms with E-state index in [1.165, 1.54) is 6.07 Å². The quantitative estimate of drug-likeness (QED) is 0.829. The number of morpholine rings is 1. The molecule has 0 aliphatic carbocycles. The second-order valence-corrected chi connectivity index (χ2v) is 6.69. The molecular weight excluding hydrogens is 374 g/mol. The molecule has 0 spiro atoms. The third-order valence-electron chi connectivity index (χ3n) is 4.11. The average Bonchev–Trinajstić information content (AvgIpc) is 2.58. The van der Waals surface area contributed by atoms with Gasteiger partial charge in [0.15, 0.2) is 5.43 Å². The van der Waals surface area contributed by atoms with Crippen LogP contribution in [0.25, 0.3) is 10.9 Å². The highest BCUT2D eigenvalue weighted by atomic mass is 79.9. The fourth-order valence-corrected chi connectivity index (χ4v) is 3.17. The summed E-state index contributed by atoms with van der Waals surface area (Å²) in [7, 11) is 0. The van der Waals surface area contributed by atoms with Gasteiger partial charge in [-0.25, -0.2) is 0 Å². The minimum Gasteiger partial charge on any atom is -0.379 e. The lowest BCUT2D eigenvalue weighted by Crippen LogP contribution is -2.41. The Balaban J connectivity index is 1.61. The Kier molecular flexibility index (Phi) is 5.65. The van der Waals surface area contributed by atoms with Gasteiger partial charge < -0.3 is 14.6 Å². The fourth-order valence-electron chi connectivity index (χ4n) is 2.81. The van der Waals surface area contributed by atoms with Gasteiger partial charge in [0.1, 0.15) is 6.54 Å². The van der Waals surface area contributed by atoms with Gasteiger partial charge in [-0.2, -0.15) is 0 Å². The molecule has 1 fully saturated rings. The number of rotatable bonds is 5. The summed E-state index contributed by atoms with van der Waals surface area (Å²) in [5.74, 6) is -0.0591. The van der Waals surface area contributed by atoms with E-state index in [4.69, 9.17) is 4.74 Å². The summed E-state index contributed by atoms with van der Waals surface area (Å²) < 4.78 is 7.95. The van der Waals surface area contributed by atoms with E-state index in [1.54, 1.807) is 16.8 Å². The van der Waals surface area contributed by atoms with Crippen LogP contribution in [0.5, 0.6) is 0 Å². The van der Waals surface area contributed by atoms with Crippen molar-refractivity contribution >= 4 is 32.7 Å². The van der Waals surface area contributed by atoms with E-state index in [2.05, 4.69) is 26.1 Å². The van der Waals surface area contributed by atoms with E-state index in [0.717, 1.165) is 42.8 Å². The van der Waals surface area contributed by atoms with Gasteiger partial charge in [0.25, 0.3) is 0 Å². The number of ether oxygens (including phenoxy) is 1. The normalized spacial score (nSPS) is 15.5. The smallest absolute Gasteiger partial charge is 0.239 e. The van der Waals surface area contributed by atoms with Gasteiger partial charge >= 0.3 is 0 Å². The highest BCUT2D eigenvalue weighted by molar-refractivity contribution is 9.10. The summed E-state index contributed by atoms with van der Waals surface area (Å²) in [4.78, 5) is 26.4. The molecule has 0 unspecified atom stereocenters. The Bertz CT molecular complexity index is 784. The van der Waals surface area contributed by atoms with E-state index in [9.17, 15) is 9.59 Å². The van der Waals surface area contributed by atoms with Crippen molar-refractivity contribution in [2.24, 2.45) is 0 Å². The Morgan fingerprint density at radius 2 is 2.04 bits per heavy atom. The Morgan fingerprint density at radius 1 is 1.25 bits per heavy atom. The summed E-state index contributed by atoms with van der Waals surface area (Å²) in [6.07, 6.45) is 1.67. The van der Waals surface area contributed by atoms with E-state index in [0.29, 0.717) is 11.9 Å². The van der Waals surface area contributed by atoms with Crippen LogP contribution in [0.2, 0.25) is 0 Å². The summed E-state index contributed by atoms with van der Waals surface area (Å²) in [6, 6.07) is 7.00. The molecule has 128 valence electrons. The zero-order valence-corrected chi connectivity index (χ0v) is 14.9. The van der Waals surface area contributed by atoms with E-state index < -0.39 is 0 Å². The van der Waals surface area contributed by atoms with Gasteiger partial charge in [-0.3, -0.25) is 14.5 Å². The molecule has 1 aromatic carbocycles. The van der Waals surface area contributed by atoms with Gasteiger partial charge in [-0.1, -0.05) is 15.9 Å². The maximum absolute atomic E-state index is 12.2. The van der Waals surface area contributed by atoms with Crippen LogP contribution in [0.1, 0.15) is 0 Å². The van der Waals surface area contributed by atoms with E-state index in [-0.39, 0.29) is 17.9 Å². The topological polar surface area (TPSA) is 63.6 Å². The number of fused-ring (bicyclic) bond motifs is 1. The van der Waals surface area contributed by atoms with Crippen LogP contribution in [0.3, 0.4) is 0 Å². The molecule has 0 saturated carbocycles. The molecule has 6 nitrogen and oxygen atoms in total. The van der Waals surface area contributed by atoms with Gasteiger partial charge in [-0.15, -0.1) is 0 Å². The number of carbonyl (C=O) groups is 1. The Labute approximate surface area is 148 Å². The van der Waals surface area contributed by atoms with Crippen molar-refractivity contribution in [3.8, 4) is 0 Å².